The second-order valence-electron chi connectivity index (χ2n) is 5.27. The zero-order chi connectivity index (χ0) is 13.5. The van der Waals surface area contributed by atoms with Crippen LogP contribution in [0.3, 0.4) is 0 Å². The molecule has 1 aromatic carbocycles. The minimum absolute atomic E-state index is 0.222. The molecule has 1 aromatic rings. The molecule has 0 aliphatic carbocycles. The monoisotopic (exact) mass is 250 g/mol. The van der Waals surface area contributed by atoms with E-state index in [4.69, 9.17) is 4.74 Å². The fourth-order valence-electron chi connectivity index (χ4n) is 1.94. The molecular formula is C16H26O2. The van der Waals surface area contributed by atoms with E-state index in [1.165, 1.54) is 5.56 Å². The van der Waals surface area contributed by atoms with Gasteiger partial charge in [-0.3, -0.25) is 0 Å². The topological polar surface area (TPSA) is 29.5 Å². The van der Waals surface area contributed by atoms with Gasteiger partial charge in [0.1, 0.15) is 6.10 Å². The highest BCUT2D eigenvalue weighted by Gasteiger charge is 2.10. The van der Waals surface area contributed by atoms with E-state index in [0.717, 1.165) is 18.4 Å². The molecule has 1 N–H and O–H groups in total. The molecule has 0 aliphatic rings. The van der Waals surface area contributed by atoms with Crippen LogP contribution in [-0.2, 0) is 4.74 Å². The van der Waals surface area contributed by atoms with Crippen molar-refractivity contribution in [3.05, 3.63) is 35.4 Å². The molecule has 1 rings (SSSR count). The molecule has 2 heteroatoms. The quantitative estimate of drug-likeness (QED) is 0.791. The summed E-state index contributed by atoms with van der Waals surface area (Å²) >= 11 is 0. The number of aliphatic hydroxyl groups is 1. The molecule has 0 radical (unpaired) electrons. The maximum atomic E-state index is 10.0. The Hall–Kier alpha value is -0.860. The van der Waals surface area contributed by atoms with Gasteiger partial charge in [0.15, 0.2) is 0 Å². The molecule has 2 unspecified atom stereocenters. The predicted molar refractivity (Wildman–Crippen MR) is 75.8 cm³/mol. The Labute approximate surface area is 111 Å². The van der Waals surface area contributed by atoms with Gasteiger partial charge in [-0.1, -0.05) is 51.5 Å². The molecule has 0 heterocycles. The lowest BCUT2D eigenvalue weighted by atomic mass is 10.0. The molecule has 102 valence electrons. The van der Waals surface area contributed by atoms with E-state index >= 15 is 0 Å². The van der Waals surface area contributed by atoms with Crippen molar-refractivity contribution in [2.24, 2.45) is 0 Å². The highest BCUT2D eigenvalue weighted by Crippen LogP contribution is 2.19. The summed E-state index contributed by atoms with van der Waals surface area (Å²) in [5.41, 5.74) is 2.23. The zero-order valence-corrected chi connectivity index (χ0v) is 12.0. The average molecular weight is 250 g/mol. The number of hydrogen-bond acceptors (Lipinski definition) is 2. The van der Waals surface area contributed by atoms with Gasteiger partial charge in [-0.05, 0) is 30.4 Å². The minimum Gasteiger partial charge on any atom is -0.386 e. The Bertz CT molecular complexity index is 329. The lowest BCUT2D eigenvalue weighted by molar-refractivity contribution is -0.00584. The van der Waals surface area contributed by atoms with Gasteiger partial charge in [-0.15, -0.1) is 0 Å². The molecule has 0 saturated carbocycles. The maximum Gasteiger partial charge on any atom is 0.102 e. The van der Waals surface area contributed by atoms with Crippen molar-refractivity contribution in [3.63, 3.8) is 0 Å². The summed E-state index contributed by atoms with van der Waals surface area (Å²) < 4.78 is 5.63. The third-order valence-electron chi connectivity index (χ3n) is 3.22. The molecule has 0 aliphatic heterocycles. The van der Waals surface area contributed by atoms with Crippen molar-refractivity contribution in [3.8, 4) is 0 Å². The highest BCUT2D eigenvalue weighted by molar-refractivity contribution is 5.26. The van der Waals surface area contributed by atoms with Crippen LogP contribution in [0.15, 0.2) is 24.3 Å². The fraction of sp³-hybridized carbons (Fsp3) is 0.625. The van der Waals surface area contributed by atoms with Gasteiger partial charge in [0, 0.05) is 0 Å². The molecule has 0 aromatic heterocycles. The maximum absolute atomic E-state index is 10.0. The van der Waals surface area contributed by atoms with Crippen LogP contribution in [0, 0.1) is 0 Å². The molecule has 2 nitrogen and oxygen atoms in total. The third-order valence-corrected chi connectivity index (χ3v) is 3.22. The van der Waals surface area contributed by atoms with Crippen LogP contribution in [0.25, 0.3) is 0 Å². The van der Waals surface area contributed by atoms with E-state index in [-0.39, 0.29) is 6.10 Å². The van der Waals surface area contributed by atoms with Gasteiger partial charge in [-0.25, -0.2) is 0 Å². The van der Waals surface area contributed by atoms with Crippen molar-refractivity contribution in [2.45, 2.75) is 58.7 Å². The van der Waals surface area contributed by atoms with E-state index in [9.17, 15) is 5.11 Å². The SMILES string of the molecule is CCCC(C)OCC(O)c1ccc(C(C)C)cc1. The molecule has 2 atom stereocenters. The van der Waals surface area contributed by atoms with Gasteiger partial charge < -0.3 is 9.84 Å². The molecule has 0 saturated heterocycles. The summed E-state index contributed by atoms with van der Waals surface area (Å²) in [4.78, 5) is 0. The van der Waals surface area contributed by atoms with E-state index < -0.39 is 6.10 Å². The Morgan fingerprint density at radius 3 is 2.11 bits per heavy atom. The van der Waals surface area contributed by atoms with Crippen LogP contribution < -0.4 is 0 Å². The van der Waals surface area contributed by atoms with Gasteiger partial charge in [0.2, 0.25) is 0 Å². The standard InChI is InChI=1S/C16H26O2/c1-5-6-13(4)18-11-16(17)15-9-7-14(8-10-15)12(2)3/h7-10,12-13,16-17H,5-6,11H2,1-4H3. The molecule has 0 spiro atoms. The van der Waals surface area contributed by atoms with Crippen molar-refractivity contribution >= 4 is 0 Å². The first kappa shape index (κ1) is 15.2. The van der Waals surface area contributed by atoms with Gasteiger partial charge >= 0.3 is 0 Å². The third kappa shape index (κ3) is 4.79. The van der Waals surface area contributed by atoms with Gasteiger partial charge in [0.05, 0.1) is 12.7 Å². The number of benzene rings is 1. The number of aliphatic hydroxyl groups excluding tert-OH is 1. The van der Waals surface area contributed by atoms with Crippen LogP contribution in [0.1, 0.15) is 63.7 Å². The highest BCUT2D eigenvalue weighted by atomic mass is 16.5. The fourth-order valence-corrected chi connectivity index (χ4v) is 1.94. The zero-order valence-electron chi connectivity index (χ0n) is 12.0. The van der Waals surface area contributed by atoms with Crippen molar-refractivity contribution in [1.82, 2.24) is 0 Å². The molecule has 18 heavy (non-hydrogen) atoms. The molecule has 0 bridgehead atoms. The summed E-state index contributed by atoms with van der Waals surface area (Å²) in [6, 6.07) is 8.15. The minimum atomic E-state index is -0.523. The van der Waals surface area contributed by atoms with Crippen molar-refractivity contribution < 1.29 is 9.84 Å². The van der Waals surface area contributed by atoms with E-state index in [2.05, 4.69) is 39.8 Å². The second kappa shape index (κ2) is 7.55. The Morgan fingerprint density at radius 1 is 1.06 bits per heavy atom. The number of hydrogen-bond donors (Lipinski definition) is 1. The Kier molecular flexibility index (Phi) is 6.37. The molecule has 0 fully saturated rings. The van der Waals surface area contributed by atoms with Gasteiger partial charge in [-0.2, -0.15) is 0 Å². The lowest BCUT2D eigenvalue weighted by Gasteiger charge is -2.16. The van der Waals surface area contributed by atoms with Crippen LogP contribution in [0.5, 0.6) is 0 Å². The van der Waals surface area contributed by atoms with E-state index in [0.29, 0.717) is 12.5 Å². The van der Waals surface area contributed by atoms with E-state index in [1.54, 1.807) is 0 Å². The van der Waals surface area contributed by atoms with E-state index in [1.807, 2.05) is 12.1 Å². The van der Waals surface area contributed by atoms with Crippen LogP contribution in [0.2, 0.25) is 0 Å². The number of ether oxygens (including phenoxy) is 1. The average Bonchev–Trinajstić information content (AvgIpc) is 2.36. The Morgan fingerprint density at radius 2 is 1.61 bits per heavy atom. The van der Waals surface area contributed by atoms with Crippen LogP contribution in [-0.4, -0.2) is 17.8 Å². The summed E-state index contributed by atoms with van der Waals surface area (Å²) in [5, 5.41) is 10.0. The van der Waals surface area contributed by atoms with Crippen molar-refractivity contribution in [1.29, 1.82) is 0 Å². The number of rotatable bonds is 7. The first-order valence-corrected chi connectivity index (χ1v) is 6.94. The van der Waals surface area contributed by atoms with Crippen molar-refractivity contribution in [2.75, 3.05) is 6.61 Å². The van der Waals surface area contributed by atoms with Crippen LogP contribution >= 0.6 is 0 Å². The Balaban J connectivity index is 2.48. The smallest absolute Gasteiger partial charge is 0.102 e. The normalized spacial score (nSPS) is 14.8. The predicted octanol–water partition coefficient (Wildman–Crippen LogP) is 4.05. The summed E-state index contributed by atoms with van der Waals surface area (Å²) in [5.74, 6) is 0.525. The first-order valence-electron chi connectivity index (χ1n) is 6.94. The second-order valence-corrected chi connectivity index (χ2v) is 5.27. The summed E-state index contributed by atoms with van der Waals surface area (Å²) in [6.07, 6.45) is 1.85. The molecule has 0 amide bonds. The summed E-state index contributed by atoms with van der Waals surface area (Å²) in [7, 11) is 0. The van der Waals surface area contributed by atoms with Crippen LogP contribution in [0.4, 0.5) is 0 Å². The summed E-state index contributed by atoms with van der Waals surface area (Å²) in [6.45, 7) is 8.91. The van der Waals surface area contributed by atoms with Gasteiger partial charge in [0.25, 0.3) is 0 Å². The first-order chi connectivity index (χ1) is 8.54. The lowest BCUT2D eigenvalue weighted by Crippen LogP contribution is -2.14. The largest absolute Gasteiger partial charge is 0.386 e. The molecular weight excluding hydrogens is 224 g/mol.